The van der Waals surface area contributed by atoms with E-state index < -0.39 is 0 Å². The highest BCUT2D eigenvalue weighted by atomic mass is 16.5. The first-order chi connectivity index (χ1) is 8.74. The summed E-state index contributed by atoms with van der Waals surface area (Å²) in [5, 5.41) is 0. The molecule has 3 heteroatoms. The van der Waals surface area contributed by atoms with Gasteiger partial charge in [-0.05, 0) is 43.0 Å². The van der Waals surface area contributed by atoms with Gasteiger partial charge in [0.2, 0.25) is 0 Å². The molecule has 1 aromatic rings. The van der Waals surface area contributed by atoms with Crippen molar-refractivity contribution in [2.75, 3.05) is 14.2 Å². The van der Waals surface area contributed by atoms with Crippen LogP contribution in [0, 0.1) is 5.92 Å². The zero-order valence-electron chi connectivity index (χ0n) is 11.1. The molecule has 1 aliphatic rings. The van der Waals surface area contributed by atoms with Crippen LogP contribution in [0.25, 0.3) is 0 Å². The third-order valence-corrected chi connectivity index (χ3v) is 3.63. The topological polar surface area (TPSA) is 35.5 Å². The lowest BCUT2D eigenvalue weighted by atomic mass is 9.83. The second-order valence-corrected chi connectivity index (χ2v) is 4.79. The van der Waals surface area contributed by atoms with Crippen molar-refractivity contribution in [1.29, 1.82) is 0 Å². The first-order valence-electron chi connectivity index (χ1n) is 6.48. The Morgan fingerprint density at radius 1 is 1.22 bits per heavy atom. The first-order valence-corrected chi connectivity index (χ1v) is 6.48. The fourth-order valence-electron chi connectivity index (χ4n) is 2.58. The number of Topliss-reactive ketones (excluding diaryl/α,β-unsaturated/α-hetero) is 1. The minimum atomic E-state index is 0.153. The molecule has 0 amide bonds. The summed E-state index contributed by atoms with van der Waals surface area (Å²) in [7, 11) is 3.31. The van der Waals surface area contributed by atoms with Crippen molar-refractivity contribution in [1.82, 2.24) is 0 Å². The van der Waals surface area contributed by atoms with Gasteiger partial charge in [0.05, 0.1) is 14.2 Å². The molecule has 98 valence electrons. The van der Waals surface area contributed by atoms with Gasteiger partial charge < -0.3 is 9.47 Å². The first kappa shape index (κ1) is 12.9. The third-order valence-electron chi connectivity index (χ3n) is 3.63. The molecule has 0 saturated heterocycles. The summed E-state index contributed by atoms with van der Waals surface area (Å²) in [4.78, 5) is 11.9. The van der Waals surface area contributed by atoms with Crippen molar-refractivity contribution < 1.29 is 14.3 Å². The van der Waals surface area contributed by atoms with Crippen LogP contribution in [0.4, 0.5) is 0 Å². The van der Waals surface area contributed by atoms with Crippen LogP contribution in [0.15, 0.2) is 18.2 Å². The van der Waals surface area contributed by atoms with E-state index in [4.69, 9.17) is 9.47 Å². The average molecular weight is 248 g/mol. The number of hydrogen-bond donors (Lipinski definition) is 0. The molecule has 1 aliphatic carbocycles. The molecule has 0 aliphatic heterocycles. The van der Waals surface area contributed by atoms with Crippen LogP contribution < -0.4 is 9.47 Å². The van der Waals surface area contributed by atoms with Gasteiger partial charge in [-0.1, -0.05) is 6.42 Å². The van der Waals surface area contributed by atoms with E-state index in [-0.39, 0.29) is 5.92 Å². The molecule has 0 spiro atoms. The predicted molar refractivity (Wildman–Crippen MR) is 70.2 cm³/mol. The number of hydrogen-bond acceptors (Lipinski definition) is 3. The van der Waals surface area contributed by atoms with Crippen molar-refractivity contribution in [2.24, 2.45) is 5.92 Å². The Hall–Kier alpha value is -1.51. The number of ketones is 1. The highest BCUT2D eigenvalue weighted by Crippen LogP contribution is 2.30. The standard InChI is InChI=1S/C15H20O3/c1-17-13-7-8-15(18-2)12(10-13)9-11-5-3-4-6-14(11)16/h7-8,10-11H,3-6,9H2,1-2H3. The zero-order valence-corrected chi connectivity index (χ0v) is 11.1. The zero-order chi connectivity index (χ0) is 13.0. The van der Waals surface area contributed by atoms with Crippen molar-refractivity contribution in [3.8, 4) is 11.5 Å². The maximum absolute atomic E-state index is 11.9. The largest absolute Gasteiger partial charge is 0.497 e. The lowest BCUT2D eigenvalue weighted by molar-refractivity contribution is -0.124. The minimum Gasteiger partial charge on any atom is -0.497 e. The van der Waals surface area contributed by atoms with Crippen molar-refractivity contribution in [3.05, 3.63) is 23.8 Å². The third kappa shape index (κ3) is 2.84. The molecule has 1 aromatic carbocycles. The van der Waals surface area contributed by atoms with E-state index in [0.717, 1.165) is 49.2 Å². The Labute approximate surface area is 108 Å². The fraction of sp³-hybridized carbons (Fsp3) is 0.533. The molecule has 0 bridgehead atoms. The van der Waals surface area contributed by atoms with Gasteiger partial charge in [-0.15, -0.1) is 0 Å². The van der Waals surface area contributed by atoms with Gasteiger partial charge in [0, 0.05) is 12.3 Å². The highest BCUT2D eigenvalue weighted by Gasteiger charge is 2.23. The van der Waals surface area contributed by atoms with Crippen molar-refractivity contribution in [2.45, 2.75) is 32.1 Å². The summed E-state index contributed by atoms with van der Waals surface area (Å²) in [6, 6.07) is 5.76. The average Bonchev–Trinajstić information content (AvgIpc) is 2.41. The summed E-state index contributed by atoms with van der Waals surface area (Å²) in [5.74, 6) is 2.20. The molecule has 0 heterocycles. The van der Waals surface area contributed by atoms with Gasteiger partial charge in [0.1, 0.15) is 17.3 Å². The highest BCUT2D eigenvalue weighted by molar-refractivity contribution is 5.82. The number of benzene rings is 1. The Bertz CT molecular complexity index is 426. The Kier molecular flexibility index (Phi) is 4.24. The maximum Gasteiger partial charge on any atom is 0.136 e. The van der Waals surface area contributed by atoms with Gasteiger partial charge in [0.15, 0.2) is 0 Å². The lowest BCUT2D eigenvalue weighted by Crippen LogP contribution is -2.21. The molecular formula is C15H20O3. The maximum atomic E-state index is 11.9. The molecule has 0 radical (unpaired) electrons. The summed E-state index contributed by atoms with van der Waals surface area (Å²) in [6.07, 6.45) is 4.70. The van der Waals surface area contributed by atoms with Gasteiger partial charge in [0.25, 0.3) is 0 Å². The van der Waals surface area contributed by atoms with E-state index >= 15 is 0 Å². The van der Waals surface area contributed by atoms with Crippen molar-refractivity contribution >= 4 is 5.78 Å². The van der Waals surface area contributed by atoms with Gasteiger partial charge in [-0.3, -0.25) is 4.79 Å². The quantitative estimate of drug-likeness (QED) is 0.821. The molecule has 18 heavy (non-hydrogen) atoms. The second kappa shape index (κ2) is 5.89. The second-order valence-electron chi connectivity index (χ2n) is 4.79. The van der Waals surface area contributed by atoms with Gasteiger partial charge in [-0.2, -0.15) is 0 Å². The monoisotopic (exact) mass is 248 g/mol. The molecule has 1 atom stereocenters. The number of ether oxygens (including phenoxy) is 2. The van der Waals surface area contributed by atoms with E-state index in [9.17, 15) is 4.79 Å². The van der Waals surface area contributed by atoms with Gasteiger partial charge >= 0.3 is 0 Å². The summed E-state index contributed by atoms with van der Waals surface area (Å²) in [5.41, 5.74) is 1.07. The van der Waals surface area contributed by atoms with E-state index in [1.165, 1.54) is 0 Å². The number of methoxy groups -OCH3 is 2. The van der Waals surface area contributed by atoms with Crippen LogP contribution in [-0.4, -0.2) is 20.0 Å². The minimum absolute atomic E-state index is 0.153. The predicted octanol–water partition coefficient (Wildman–Crippen LogP) is 3.01. The molecule has 0 N–H and O–H groups in total. The van der Waals surface area contributed by atoms with Gasteiger partial charge in [-0.25, -0.2) is 0 Å². The van der Waals surface area contributed by atoms with E-state index in [1.54, 1.807) is 14.2 Å². The Morgan fingerprint density at radius 3 is 2.72 bits per heavy atom. The smallest absolute Gasteiger partial charge is 0.136 e. The molecule has 2 rings (SSSR count). The van der Waals surface area contributed by atoms with Crippen LogP contribution in [-0.2, 0) is 11.2 Å². The lowest BCUT2D eigenvalue weighted by Gasteiger charge is -2.21. The Morgan fingerprint density at radius 2 is 2.06 bits per heavy atom. The molecule has 1 saturated carbocycles. The van der Waals surface area contributed by atoms with Crippen LogP contribution >= 0.6 is 0 Å². The fourth-order valence-corrected chi connectivity index (χ4v) is 2.58. The summed E-state index contributed by atoms with van der Waals surface area (Å²) >= 11 is 0. The van der Waals surface area contributed by atoms with Crippen LogP contribution in [0.3, 0.4) is 0 Å². The molecule has 3 nitrogen and oxygen atoms in total. The van der Waals surface area contributed by atoms with Crippen LogP contribution in [0.2, 0.25) is 0 Å². The van der Waals surface area contributed by atoms with Crippen LogP contribution in [0.5, 0.6) is 11.5 Å². The molecule has 1 fully saturated rings. The number of carbonyl (C=O) groups is 1. The van der Waals surface area contributed by atoms with E-state index in [0.29, 0.717) is 5.78 Å². The normalized spacial score (nSPS) is 19.7. The molecule has 1 unspecified atom stereocenters. The number of carbonyl (C=O) groups excluding carboxylic acids is 1. The van der Waals surface area contributed by atoms with E-state index in [2.05, 4.69) is 0 Å². The SMILES string of the molecule is COc1ccc(OC)c(CC2CCCCC2=O)c1. The van der Waals surface area contributed by atoms with Crippen molar-refractivity contribution in [3.63, 3.8) is 0 Å². The van der Waals surface area contributed by atoms with E-state index in [1.807, 2.05) is 18.2 Å². The Balaban J connectivity index is 2.18. The molecule has 0 aromatic heterocycles. The summed E-state index contributed by atoms with van der Waals surface area (Å²) in [6.45, 7) is 0. The molecular weight excluding hydrogens is 228 g/mol. The van der Waals surface area contributed by atoms with Crippen LogP contribution in [0.1, 0.15) is 31.2 Å². The summed E-state index contributed by atoms with van der Waals surface area (Å²) < 4.78 is 10.6. The number of rotatable bonds is 4.